The minimum atomic E-state index is 0.548. The normalized spacial score (nSPS) is 10.1. The lowest BCUT2D eigenvalue weighted by Gasteiger charge is -2.25. The summed E-state index contributed by atoms with van der Waals surface area (Å²) < 4.78 is 10.5. The van der Waals surface area contributed by atoms with E-state index in [2.05, 4.69) is 4.90 Å². The highest BCUT2D eigenvalue weighted by molar-refractivity contribution is 6.18. The summed E-state index contributed by atoms with van der Waals surface area (Å²) >= 11 is 11.6. The van der Waals surface area contributed by atoms with E-state index in [0.29, 0.717) is 11.8 Å². The van der Waals surface area contributed by atoms with E-state index < -0.39 is 0 Å². The van der Waals surface area contributed by atoms with Crippen LogP contribution >= 0.6 is 23.2 Å². The van der Waals surface area contributed by atoms with Crippen molar-refractivity contribution in [3.05, 3.63) is 18.2 Å². The summed E-state index contributed by atoms with van der Waals surface area (Å²) in [4.78, 5) is 2.10. The highest BCUT2D eigenvalue weighted by Crippen LogP contribution is 2.32. The number of benzene rings is 1. The van der Waals surface area contributed by atoms with Crippen molar-refractivity contribution < 1.29 is 9.47 Å². The number of nitrogens with zero attached hydrogens (tertiary/aromatic N) is 1. The van der Waals surface area contributed by atoms with Crippen LogP contribution in [-0.2, 0) is 0 Å². The van der Waals surface area contributed by atoms with Gasteiger partial charge in [0.1, 0.15) is 11.5 Å². The summed E-state index contributed by atoms with van der Waals surface area (Å²) in [5.74, 6) is 2.62. The topological polar surface area (TPSA) is 21.7 Å². The lowest BCUT2D eigenvalue weighted by atomic mass is 10.2. The zero-order valence-corrected chi connectivity index (χ0v) is 11.6. The van der Waals surface area contributed by atoms with Crippen molar-refractivity contribution in [3.8, 4) is 11.5 Å². The van der Waals surface area contributed by atoms with Crippen molar-refractivity contribution in [2.75, 3.05) is 44.0 Å². The molecule has 1 aromatic rings. The first-order valence-electron chi connectivity index (χ1n) is 5.35. The molecule has 17 heavy (non-hydrogen) atoms. The molecular weight excluding hydrogens is 261 g/mol. The van der Waals surface area contributed by atoms with E-state index in [-0.39, 0.29) is 0 Å². The quantitative estimate of drug-likeness (QED) is 0.716. The summed E-state index contributed by atoms with van der Waals surface area (Å²) in [6.45, 7) is 1.47. The second kappa shape index (κ2) is 7.51. The van der Waals surface area contributed by atoms with Crippen LogP contribution in [0.25, 0.3) is 0 Å². The van der Waals surface area contributed by atoms with Gasteiger partial charge in [-0.3, -0.25) is 0 Å². The van der Waals surface area contributed by atoms with Crippen LogP contribution in [0.15, 0.2) is 18.2 Å². The van der Waals surface area contributed by atoms with Gasteiger partial charge in [0.25, 0.3) is 0 Å². The zero-order valence-electron chi connectivity index (χ0n) is 10.1. The van der Waals surface area contributed by atoms with Crippen LogP contribution < -0.4 is 14.4 Å². The van der Waals surface area contributed by atoms with Gasteiger partial charge in [0.2, 0.25) is 0 Å². The first-order valence-corrected chi connectivity index (χ1v) is 6.42. The molecule has 0 heterocycles. The highest BCUT2D eigenvalue weighted by Gasteiger charge is 2.12. The molecule has 0 spiro atoms. The zero-order chi connectivity index (χ0) is 12.7. The van der Waals surface area contributed by atoms with Crippen LogP contribution in [0.4, 0.5) is 5.69 Å². The molecule has 0 N–H and O–H groups in total. The Balaban J connectivity index is 2.99. The number of ether oxygens (including phenoxy) is 2. The molecule has 0 saturated heterocycles. The van der Waals surface area contributed by atoms with Crippen LogP contribution in [-0.4, -0.2) is 39.1 Å². The Morgan fingerprint density at radius 1 is 1.06 bits per heavy atom. The molecule has 1 aromatic carbocycles. The van der Waals surface area contributed by atoms with Gasteiger partial charge in [-0.05, 0) is 12.1 Å². The lowest BCUT2D eigenvalue weighted by Crippen LogP contribution is -2.27. The van der Waals surface area contributed by atoms with Gasteiger partial charge in [0.15, 0.2) is 0 Å². The predicted molar refractivity (Wildman–Crippen MR) is 73.2 cm³/mol. The van der Waals surface area contributed by atoms with Gasteiger partial charge in [-0.15, -0.1) is 23.2 Å². The maximum atomic E-state index is 5.79. The van der Waals surface area contributed by atoms with Crippen LogP contribution in [0.1, 0.15) is 0 Å². The van der Waals surface area contributed by atoms with Crippen LogP contribution in [0.2, 0.25) is 0 Å². The average molecular weight is 278 g/mol. The molecule has 0 radical (unpaired) electrons. The first-order chi connectivity index (χ1) is 8.26. The molecule has 0 aliphatic rings. The molecule has 3 nitrogen and oxygen atoms in total. The molecule has 0 atom stereocenters. The van der Waals surface area contributed by atoms with Crippen molar-refractivity contribution in [3.63, 3.8) is 0 Å². The predicted octanol–water partition coefficient (Wildman–Crippen LogP) is 2.99. The fourth-order valence-corrected chi connectivity index (χ4v) is 2.01. The molecule has 0 fully saturated rings. The van der Waals surface area contributed by atoms with Crippen LogP contribution in [0.3, 0.4) is 0 Å². The Morgan fingerprint density at radius 2 is 1.71 bits per heavy atom. The molecule has 0 amide bonds. The third kappa shape index (κ3) is 3.86. The van der Waals surface area contributed by atoms with Gasteiger partial charge in [0, 0.05) is 30.9 Å². The molecule has 0 aliphatic heterocycles. The number of anilines is 1. The number of alkyl halides is 2. The molecule has 0 bridgehead atoms. The maximum absolute atomic E-state index is 5.79. The summed E-state index contributed by atoms with van der Waals surface area (Å²) in [5.41, 5.74) is 0.981. The monoisotopic (exact) mass is 277 g/mol. The van der Waals surface area contributed by atoms with Gasteiger partial charge in [-0.1, -0.05) is 0 Å². The van der Waals surface area contributed by atoms with Crippen molar-refractivity contribution in [2.45, 2.75) is 0 Å². The van der Waals surface area contributed by atoms with Gasteiger partial charge >= 0.3 is 0 Å². The van der Waals surface area contributed by atoms with E-state index in [4.69, 9.17) is 32.7 Å². The van der Waals surface area contributed by atoms with Crippen LogP contribution in [0, 0.1) is 0 Å². The standard InChI is InChI=1S/C12H17Cl2NO2/c1-16-10-3-4-11(12(9-10)17-2)15(7-5-13)8-6-14/h3-4,9H,5-8H2,1-2H3. The minimum absolute atomic E-state index is 0.548. The first kappa shape index (κ1) is 14.3. The smallest absolute Gasteiger partial charge is 0.145 e. The Kier molecular flexibility index (Phi) is 6.30. The number of halogens is 2. The van der Waals surface area contributed by atoms with E-state index in [9.17, 15) is 0 Å². The average Bonchev–Trinajstić information content (AvgIpc) is 2.37. The number of hydrogen-bond donors (Lipinski definition) is 0. The van der Waals surface area contributed by atoms with Crippen molar-refractivity contribution in [1.82, 2.24) is 0 Å². The molecular formula is C12H17Cl2NO2. The lowest BCUT2D eigenvalue weighted by molar-refractivity contribution is 0.394. The number of rotatable bonds is 7. The van der Waals surface area contributed by atoms with Gasteiger partial charge in [-0.2, -0.15) is 0 Å². The van der Waals surface area contributed by atoms with E-state index >= 15 is 0 Å². The Hall–Kier alpha value is -0.800. The van der Waals surface area contributed by atoms with Gasteiger partial charge in [-0.25, -0.2) is 0 Å². The van der Waals surface area contributed by atoms with E-state index in [1.54, 1.807) is 14.2 Å². The third-order valence-electron chi connectivity index (χ3n) is 2.44. The van der Waals surface area contributed by atoms with Gasteiger partial charge < -0.3 is 14.4 Å². The molecule has 0 unspecified atom stereocenters. The largest absolute Gasteiger partial charge is 0.497 e. The SMILES string of the molecule is COc1ccc(N(CCCl)CCCl)c(OC)c1. The van der Waals surface area contributed by atoms with E-state index in [1.807, 2.05) is 18.2 Å². The summed E-state index contributed by atoms with van der Waals surface area (Å²) in [7, 11) is 3.27. The fourth-order valence-electron chi connectivity index (χ4n) is 1.60. The molecule has 96 valence electrons. The molecule has 0 aromatic heterocycles. The number of hydrogen-bond acceptors (Lipinski definition) is 3. The van der Waals surface area contributed by atoms with E-state index in [0.717, 1.165) is 30.3 Å². The second-order valence-electron chi connectivity index (χ2n) is 3.40. The fraction of sp³-hybridized carbons (Fsp3) is 0.500. The Labute approximate surface area is 112 Å². The molecule has 5 heteroatoms. The Bertz CT molecular complexity index is 341. The summed E-state index contributed by atoms with van der Waals surface area (Å²) in [6, 6.07) is 5.70. The Morgan fingerprint density at radius 3 is 2.18 bits per heavy atom. The van der Waals surface area contributed by atoms with Crippen molar-refractivity contribution in [1.29, 1.82) is 0 Å². The molecule has 1 rings (SSSR count). The van der Waals surface area contributed by atoms with Crippen molar-refractivity contribution in [2.24, 2.45) is 0 Å². The van der Waals surface area contributed by atoms with Gasteiger partial charge in [0.05, 0.1) is 19.9 Å². The van der Waals surface area contributed by atoms with E-state index in [1.165, 1.54) is 0 Å². The summed E-state index contributed by atoms with van der Waals surface area (Å²) in [6.07, 6.45) is 0. The van der Waals surface area contributed by atoms with Crippen molar-refractivity contribution >= 4 is 28.9 Å². The highest BCUT2D eigenvalue weighted by atomic mass is 35.5. The summed E-state index contributed by atoms with van der Waals surface area (Å²) in [5, 5.41) is 0. The third-order valence-corrected chi connectivity index (χ3v) is 2.77. The molecule has 0 aliphatic carbocycles. The van der Waals surface area contributed by atoms with Crippen LogP contribution in [0.5, 0.6) is 11.5 Å². The second-order valence-corrected chi connectivity index (χ2v) is 4.16. The minimum Gasteiger partial charge on any atom is -0.497 e. The number of methoxy groups -OCH3 is 2. The maximum Gasteiger partial charge on any atom is 0.145 e. The molecule has 0 saturated carbocycles.